The van der Waals surface area contributed by atoms with Gasteiger partial charge in [0.1, 0.15) is 5.69 Å². The minimum absolute atomic E-state index is 0.0586. The number of hydrogen-bond acceptors (Lipinski definition) is 5. The van der Waals surface area contributed by atoms with Gasteiger partial charge in [0.2, 0.25) is 5.91 Å². The molecule has 11 heteroatoms. The standard InChI is InChI=1S/C26H26Cl2N6O3/c1-2-4-22(35)30-17-9-7-16(8-10-17)14-34-12-11-18(15-34)31-26(37)24-21(13-29-33-24)32-25(36)23-19(27)5-3-6-20(23)28/h2-10,13,18H,11-12,14-15H2,1H3,(H,29,33)(H,30,35)(H,31,37)(H,32,36). The van der Waals surface area contributed by atoms with Crippen LogP contribution in [-0.4, -0.2) is 52.0 Å². The molecule has 0 radical (unpaired) electrons. The fourth-order valence-corrected chi connectivity index (χ4v) is 4.66. The number of allylic oxidation sites excluding steroid dienone is 1. The summed E-state index contributed by atoms with van der Waals surface area (Å²) >= 11 is 12.2. The van der Waals surface area contributed by atoms with Gasteiger partial charge in [-0.2, -0.15) is 5.10 Å². The van der Waals surface area contributed by atoms with Gasteiger partial charge < -0.3 is 16.0 Å². The molecule has 9 nitrogen and oxygen atoms in total. The number of hydrogen-bond donors (Lipinski definition) is 4. The summed E-state index contributed by atoms with van der Waals surface area (Å²) in [4.78, 5) is 39.6. The van der Waals surface area contributed by atoms with Crippen LogP contribution in [0, 0.1) is 0 Å². The van der Waals surface area contributed by atoms with Crippen LogP contribution < -0.4 is 16.0 Å². The van der Waals surface area contributed by atoms with Gasteiger partial charge in [-0.3, -0.25) is 24.4 Å². The lowest BCUT2D eigenvalue weighted by atomic mass is 10.2. The lowest BCUT2D eigenvalue weighted by molar-refractivity contribution is -0.111. The van der Waals surface area contributed by atoms with Crippen molar-refractivity contribution in [2.24, 2.45) is 0 Å². The average Bonchev–Trinajstić information content (AvgIpc) is 3.50. The van der Waals surface area contributed by atoms with E-state index in [2.05, 4.69) is 31.0 Å². The predicted octanol–water partition coefficient (Wildman–Crippen LogP) is 4.49. The van der Waals surface area contributed by atoms with E-state index in [1.807, 2.05) is 24.3 Å². The van der Waals surface area contributed by atoms with Crippen molar-refractivity contribution in [1.82, 2.24) is 20.4 Å². The quantitative estimate of drug-likeness (QED) is 0.314. The highest BCUT2D eigenvalue weighted by Crippen LogP contribution is 2.26. The number of nitrogens with one attached hydrogen (secondary N) is 4. The van der Waals surface area contributed by atoms with Crippen molar-refractivity contribution in [1.29, 1.82) is 0 Å². The third-order valence-corrected chi connectivity index (χ3v) is 6.49. The molecule has 1 aliphatic heterocycles. The number of likely N-dealkylation sites (tertiary alicyclic amines) is 1. The summed E-state index contributed by atoms with van der Waals surface area (Å²) in [6, 6.07) is 12.4. The molecule has 1 aliphatic rings. The van der Waals surface area contributed by atoms with Crippen LogP contribution in [0.25, 0.3) is 0 Å². The summed E-state index contributed by atoms with van der Waals surface area (Å²) in [5.41, 5.74) is 2.34. The maximum atomic E-state index is 12.9. The topological polar surface area (TPSA) is 119 Å². The lowest BCUT2D eigenvalue weighted by Crippen LogP contribution is -2.37. The first-order valence-corrected chi connectivity index (χ1v) is 12.4. The molecule has 0 spiro atoms. The third-order valence-electron chi connectivity index (χ3n) is 5.86. The van der Waals surface area contributed by atoms with Crippen LogP contribution in [0.1, 0.15) is 39.8 Å². The van der Waals surface area contributed by atoms with E-state index in [9.17, 15) is 14.4 Å². The summed E-state index contributed by atoms with van der Waals surface area (Å²) in [5, 5.41) is 15.4. The summed E-state index contributed by atoms with van der Waals surface area (Å²) in [7, 11) is 0. The number of benzene rings is 2. The first-order valence-electron chi connectivity index (χ1n) is 11.7. The molecule has 4 rings (SSSR count). The highest BCUT2D eigenvalue weighted by Gasteiger charge is 2.26. The number of carbonyl (C=O) groups is 3. The van der Waals surface area contributed by atoms with Gasteiger partial charge in [-0.1, -0.05) is 47.5 Å². The van der Waals surface area contributed by atoms with Crippen molar-refractivity contribution in [3.8, 4) is 0 Å². The molecule has 0 bridgehead atoms. The van der Waals surface area contributed by atoms with Crippen molar-refractivity contribution in [2.75, 3.05) is 23.7 Å². The molecule has 1 atom stereocenters. The van der Waals surface area contributed by atoms with Gasteiger partial charge in [0, 0.05) is 31.4 Å². The third kappa shape index (κ3) is 6.76. The van der Waals surface area contributed by atoms with Crippen molar-refractivity contribution in [2.45, 2.75) is 25.9 Å². The second-order valence-electron chi connectivity index (χ2n) is 8.59. The minimum atomic E-state index is -0.537. The zero-order valence-corrected chi connectivity index (χ0v) is 21.6. The average molecular weight is 541 g/mol. The predicted molar refractivity (Wildman–Crippen MR) is 144 cm³/mol. The second kappa shape index (κ2) is 12.1. The number of carbonyl (C=O) groups excluding carboxylic acids is 3. The summed E-state index contributed by atoms with van der Waals surface area (Å²) in [6.45, 7) is 4.01. The molecule has 2 aromatic carbocycles. The molecule has 0 saturated carbocycles. The van der Waals surface area contributed by atoms with Crippen LogP contribution >= 0.6 is 23.2 Å². The van der Waals surface area contributed by atoms with Crippen LogP contribution in [0.3, 0.4) is 0 Å². The van der Waals surface area contributed by atoms with Gasteiger partial charge in [-0.05, 0) is 49.2 Å². The van der Waals surface area contributed by atoms with Crippen LogP contribution in [-0.2, 0) is 11.3 Å². The van der Waals surface area contributed by atoms with E-state index in [1.54, 1.807) is 31.2 Å². The molecule has 1 aromatic heterocycles. The molecule has 192 valence electrons. The molecule has 1 fully saturated rings. The van der Waals surface area contributed by atoms with Crippen molar-refractivity contribution in [3.05, 3.63) is 87.7 Å². The fourth-order valence-electron chi connectivity index (χ4n) is 4.09. The van der Waals surface area contributed by atoms with E-state index in [0.29, 0.717) is 6.54 Å². The van der Waals surface area contributed by atoms with Crippen molar-refractivity contribution in [3.63, 3.8) is 0 Å². The number of aromatic nitrogens is 2. The SMILES string of the molecule is CC=CC(=O)Nc1ccc(CN2CCC(NC(=O)c3[nH]ncc3NC(=O)c3c(Cl)cccc3Cl)C2)cc1. The smallest absolute Gasteiger partial charge is 0.271 e. The Kier molecular flexibility index (Phi) is 8.60. The highest BCUT2D eigenvalue weighted by molar-refractivity contribution is 6.40. The molecule has 1 unspecified atom stereocenters. The molecule has 3 aromatic rings. The summed E-state index contributed by atoms with van der Waals surface area (Å²) < 4.78 is 0. The van der Waals surface area contributed by atoms with Crippen LogP contribution in [0.2, 0.25) is 10.0 Å². The number of anilines is 2. The first-order chi connectivity index (χ1) is 17.8. The van der Waals surface area contributed by atoms with Gasteiger partial charge in [0.15, 0.2) is 0 Å². The monoisotopic (exact) mass is 540 g/mol. The van der Waals surface area contributed by atoms with Crippen LogP contribution in [0.15, 0.2) is 60.8 Å². The Bertz CT molecular complexity index is 1300. The Balaban J connectivity index is 1.31. The number of aromatic amines is 1. The Labute approximate surface area is 224 Å². The number of rotatable bonds is 8. The van der Waals surface area contributed by atoms with Crippen molar-refractivity contribution >= 4 is 52.3 Å². The van der Waals surface area contributed by atoms with Crippen LogP contribution in [0.4, 0.5) is 11.4 Å². The molecule has 1 saturated heterocycles. The number of amides is 3. The largest absolute Gasteiger partial charge is 0.347 e. The zero-order chi connectivity index (χ0) is 26.4. The number of halogens is 2. The van der Waals surface area contributed by atoms with E-state index in [-0.39, 0.29) is 44.8 Å². The van der Waals surface area contributed by atoms with Gasteiger partial charge in [-0.25, -0.2) is 0 Å². The van der Waals surface area contributed by atoms with Gasteiger partial charge in [0.25, 0.3) is 11.8 Å². The lowest BCUT2D eigenvalue weighted by Gasteiger charge is -2.17. The maximum absolute atomic E-state index is 12.9. The Morgan fingerprint density at radius 1 is 1.08 bits per heavy atom. The fraction of sp³-hybridized carbons (Fsp3) is 0.231. The zero-order valence-electron chi connectivity index (χ0n) is 20.1. The number of H-pyrrole nitrogens is 1. The van der Waals surface area contributed by atoms with E-state index in [1.165, 1.54) is 12.3 Å². The Morgan fingerprint density at radius 3 is 2.51 bits per heavy atom. The molecule has 2 heterocycles. The van der Waals surface area contributed by atoms with E-state index >= 15 is 0 Å². The first kappa shape index (κ1) is 26.4. The number of nitrogens with zero attached hydrogens (tertiary/aromatic N) is 2. The van der Waals surface area contributed by atoms with E-state index in [4.69, 9.17) is 23.2 Å². The maximum Gasteiger partial charge on any atom is 0.271 e. The molecule has 0 aliphatic carbocycles. The molecule has 4 N–H and O–H groups in total. The van der Waals surface area contributed by atoms with E-state index < -0.39 is 5.91 Å². The minimum Gasteiger partial charge on any atom is -0.347 e. The summed E-state index contributed by atoms with van der Waals surface area (Å²) in [6.07, 6.45) is 5.31. The van der Waals surface area contributed by atoms with Gasteiger partial charge in [0.05, 0.1) is 27.5 Å². The second-order valence-corrected chi connectivity index (χ2v) is 9.40. The molecular formula is C26H26Cl2N6O3. The normalized spacial score (nSPS) is 15.6. The van der Waals surface area contributed by atoms with E-state index in [0.717, 1.165) is 30.8 Å². The van der Waals surface area contributed by atoms with Crippen molar-refractivity contribution < 1.29 is 14.4 Å². The van der Waals surface area contributed by atoms with Crippen LogP contribution in [0.5, 0.6) is 0 Å². The Morgan fingerprint density at radius 2 is 1.81 bits per heavy atom. The molecule has 37 heavy (non-hydrogen) atoms. The molecular weight excluding hydrogens is 515 g/mol. The Hall–Kier alpha value is -3.66. The highest BCUT2D eigenvalue weighted by atomic mass is 35.5. The van der Waals surface area contributed by atoms with Gasteiger partial charge in [-0.15, -0.1) is 0 Å². The summed E-state index contributed by atoms with van der Waals surface area (Å²) in [5.74, 6) is -1.07. The molecule has 3 amide bonds. The van der Waals surface area contributed by atoms with Gasteiger partial charge >= 0.3 is 0 Å².